The predicted molar refractivity (Wildman–Crippen MR) is 111 cm³/mol. The van der Waals surface area contributed by atoms with Crippen LogP contribution in [0.3, 0.4) is 0 Å². The Labute approximate surface area is 162 Å². The molecule has 2 aromatic carbocycles. The molecule has 0 spiro atoms. The minimum absolute atomic E-state index is 0.0804. The lowest BCUT2D eigenvalue weighted by Gasteiger charge is -2.19. The van der Waals surface area contributed by atoms with Crippen LogP contribution in [0.15, 0.2) is 42.5 Å². The van der Waals surface area contributed by atoms with Crippen molar-refractivity contribution in [2.45, 2.75) is 39.5 Å². The number of carbonyl (C=O) groups is 1. The van der Waals surface area contributed by atoms with Crippen LogP contribution in [-0.2, 0) is 12.8 Å². The topological polar surface area (TPSA) is 41.6 Å². The molecule has 0 radical (unpaired) electrons. The quantitative estimate of drug-likeness (QED) is 0.746. The molecule has 0 unspecified atom stereocenters. The number of carbonyl (C=O) groups excluding carboxylic acids is 1. The number of para-hydroxylation sites is 2. The summed E-state index contributed by atoms with van der Waals surface area (Å²) in [5.41, 5.74) is 4.14. The van der Waals surface area contributed by atoms with Crippen molar-refractivity contribution in [3.05, 3.63) is 59.2 Å². The fourth-order valence-electron chi connectivity index (χ4n) is 3.59. The Kier molecular flexibility index (Phi) is 6.88. The lowest BCUT2D eigenvalue weighted by molar-refractivity contribution is 0.102. The van der Waals surface area contributed by atoms with Gasteiger partial charge in [0.25, 0.3) is 5.91 Å². The SMILES string of the molecule is CCN(CC)CCOc1ccccc1NC(=O)c1ccc2c(c1)CCCC2. The summed E-state index contributed by atoms with van der Waals surface area (Å²) < 4.78 is 5.94. The molecule has 0 atom stereocenters. The normalized spacial score (nSPS) is 13.3. The van der Waals surface area contributed by atoms with Gasteiger partial charge in [0.2, 0.25) is 0 Å². The summed E-state index contributed by atoms with van der Waals surface area (Å²) in [7, 11) is 0. The maximum Gasteiger partial charge on any atom is 0.255 e. The van der Waals surface area contributed by atoms with Crippen LogP contribution in [0.25, 0.3) is 0 Å². The van der Waals surface area contributed by atoms with Gasteiger partial charge >= 0.3 is 0 Å². The lowest BCUT2D eigenvalue weighted by Crippen LogP contribution is -2.28. The molecule has 0 heterocycles. The van der Waals surface area contributed by atoms with Crippen LogP contribution >= 0.6 is 0 Å². The Hall–Kier alpha value is -2.33. The number of aryl methyl sites for hydroxylation is 2. The first-order chi connectivity index (χ1) is 13.2. The second kappa shape index (κ2) is 9.56. The van der Waals surface area contributed by atoms with Gasteiger partial charge in [-0.15, -0.1) is 0 Å². The Bertz CT molecular complexity index is 769. The Balaban J connectivity index is 1.66. The molecule has 144 valence electrons. The monoisotopic (exact) mass is 366 g/mol. The first kappa shape index (κ1) is 19.4. The van der Waals surface area contributed by atoms with E-state index in [1.807, 2.05) is 36.4 Å². The van der Waals surface area contributed by atoms with Gasteiger partial charge in [-0.05, 0) is 74.2 Å². The molecule has 0 aliphatic heterocycles. The van der Waals surface area contributed by atoms with Crippen molar-refractivity contribution in [3.8, 4) is 5.75 Å². The van der Waals surface area contributed by atoms with Crippen molar-refractivity contribution in [3.63, 3.8) is 0 Å². The second-order valence-electron chi connectivity index (χ2n) is 7.02. The van der Waals surface area contributed by atoms with Crippen molar-refractivity contribution in [1.82, 2.24) is 4.90 Å². The zero-order chi connectivity index (χ0) is 19.1. The van der Waals surface area contributed by atoms with E-state index in [9.17, 15) is 4.79 Å². The highest BCUT2D eigenvalue weighted by atomic mass is 16.5. The standard InChI is InChI=1S/C23H30N2O2/c1-3-25(4-2)15-16-27-22-12-8-7-11-21(22)24-23(26)20-14-13-18-9-5-6-10-19(18)17-20/h7-8,11-14,17H,3-6,9-10,15-16H2,1-2H3,(H,24,26). The van der Waals surface area contributed by atoms with E-state index < -0.39 is 0 Å². The Morgan fingerprint density at radius 1 is 1.04 bits per heavy atom. The van der Waals surface area contributed by atoms with E-state index in [1.54, 1.807) is 0 Å². The fourth-order valence-corrected chi connectivity index (χ4v) is 3.59. The molecular weight excluding hydrogens is 336 g/mol. The van der Waals surface area contributed by atoms with E-state index in [0.717, 1.165) is 43.9 Å². The minimum atomic E-state index is -0.0804. The van der Waals surface area contributed by atoms with E-state index in [-0.39, 0.29) is 5.91 Å². The van der Waals surface area contributed by atoms with Crippen LogP contribution in [0.5, 0.6) is 5.75 Å². The van der Waals surface area contributed by atoms with Gasteiger partial charge in [-0.3, -0.25) is 4.79 Å². The molecule has 0 fully saturated rings. The smallest absolute Gasteiger partial charge is 0.255 e. The third-order valence-corrected chi connectivity index (χ3v) is 5.31. The Morgan fingerprint density at radius 3 is 2.56 bits per heavy atom. The van der Waals surface area contributed by atoms with Gasteiger partial charge < -0.3 is 15.0 Å². The van der Waals surface area contributed by atoms with Gasteiger partial charge in [0, 0.05) is 12.1 Å². The number of hydrogen-bond donors (Lipinski definition) is 1. The number of benzene rings is 2. The summed E-state index contributed by atoms with van der Waals surface area (Å²) in [4.78, 5) is 15.1. The molecule has 1 aliphatic rings. The van der Waals surface area contributed by atoms with Crippen molar-refractivity contribution < 1.29 is 9.53 Å². The van der Waals surface area contributed by atoms with E-state index in [4.69, 9.17) is 4.74 Å². The summed E-state index contributed by atoms with van der Waals surface area (Å²) in [5, 5.41) is 3.02. The molecule has 3 rings (SSSR count). The van der Waals surface area contributed by atoms with Gasteiger partial charge in [0.05, 0.1) is 5.69 Å². The molecule has 0 bridgehead atoms. The number of anilines is 1. The van der Waals surface area contributed by atoms with E-state index in [1.165, 1.54) is 24.0 Å². The van der Waals surface area contributed by atoms with Gasteiger partial charge in [0.15, 0.2) is 0 Å². The van der Waals surface area contributed by atoms with E-state index in [0.29, 0.717) is 12.2 Å². The van der Waals surface area contributed by atoms with Gasteiger partial charge in [0.1, 0.15) is 12.4 Å². The molecule has 4 nitrogen and oxygen atoms in total. The number of fused-ring (bicyclic) bond motifs is 1. The molecule has 1 amide bonds. The van der Waals surface area contributed by atoms with Crippen molar-refractivity contribution in [1.29, 1.82) is 0 Å². The first-order valence-corrected chi connectivity index (χ1v) is 10.1. The van der Waals surface area contributed by atoms with E-state index in [2.05, 4.69) is 30.1 Å². The summed E-state index contributed by atoms with van der Waals surface area (Å²) in [6.07, 6.45) is 4.65. The summed E-state index contributed by atoms with van der Waals surface area (Å²) in [5.74, 6) is 0.638. The highest BCUT2D eigenvalue weighted by Gasteiger charge is 2.14. The number of rotatable bonds is 8. The number of nitrogens with zero attached hydrogens (tertiary/aromatic N) is 1. The van der Waals surface area contributed by atoms with Gasteiger partial charge in [-0.1, -0.05) is 32.0 Å². The number of nitrogens with one attached hydrogen (secondary N) is 1. The molecule has 0 aromatic heterocycles. The van der Waals surface area contributed by atoms with Crippen LogP contribution < -0.4 is 10.1 Å². The predicted octanol–water partition coefficient (Wildman–Crippen LogP) is 4.54. The number of amides is 1. The van der Waals surface area contributed by atoms with Crippen LogP contribution in [0.4, 0.5) is 5.69 Å². The second-order valence-corrected chi connectivity index (χ2v) is 7.02. The van der Waals surface area contributed by atoms with Crippen LogP contribution in [0.1, 0.15) is 48.2 Å². The largest absolute Gasteiger partial charge is 0.490 e. The zero-order valence-corrected chi connectivity index (χ0v) is 16.5. The van der Waals surface area contributed by atoms with Crippen molar-refractivity contribution >= 4 is 11.6 Å². The molecule has 4 heteroatoms. The molecule has 1 N–H and O–H groups in total. The average molecular weight is 367 g/mol. The summed E-state index contributed by atoms with van der Waals surface area (Å²) >= 11 is 0. The van der Waals surface area contributed by atoms with Gasteiger partial charge in [-0.2, -0.15) is 0 Å². The minimum Gasteiger partial charge on any atom is -0.490 e. The molecule has 0 saturated carbocycles. The van der Waals surface area contributed by atoms with Gasteiger partial charge in [-0.25, -0.2) is 0 Å². The zero-order valence-electron chi connectivity index (χ0n) is 16.5. The Morgan fingerprint density at radius 2 is 1.78 bits per heavy atom. The third kappa shape index (κ3) is 5.10. The molecular formula is C23H30N2O2. The highest BCUT2D eigenvalue weighted by Crippen LogP contribution is 2.26. The highest BCUT2D eigenvalue weighted by molar-refractivity contribution is 6.05. The maximum atomic E-state index is 12.8. The lowest BCUT2D eigenvalue weighted by atomic mass is 9.90. The maximum absolute atomic E-state index is 12.8. The summed E-state index contributed by atoms with van der Waals surface area (Å²) in [6.45, 7) is 7.80. The van der Waals surface area contributed by atoms with Crippen LogP contribution in [0, 0.1) is 0 Å². The van der Waals surface area contributed by atoms with Crippen LogP contribution in [0.2, 0.25) is 0 Å². The van der Waals surface area contributed by atoms with Crippen molar-refractivity contribution in [2.24, 2.45) is 0 Å². The average Bonchev–Trinajstić information content (AvgIpc) is 2.72. The number of likely N-dealkylation sites (N-methyl/N-ethyl adjacent to an activating group) is 1. The van der Waals surface area contributed by atoms with E-state index >= 15 is 0 Å². The fraction of sp³-hybridized carbons (Fsp3) is 0.435. The molecule has 27 heavy (non-hydrogen) atoms. The number of hydrogen-bond acceptors (Lipinski definition) is 3. The van der Waals surface area contributed by atoms with Crippen LogP contribution in [-0.4, -0.2) is 37.0 Å². The molecule has 1 aliphatic carbocycles. The summed E-state index contributed by atoms with van der Waals surface area (Å²) in [6, 6.07) is 13.7. The first-order valence-electron chi connectivity index (χ1n) is 10.1. The third-order valence-electron chi connectivity index (χ3n) is 5.31. The number of ether oxygens (including phenoxy) is 1. The molecule has 2 aromatic rings. The van der Waals surface area contributed by atoms with Crippen molar-refractivity contribution in [2.75, 3.05) is 31.6 Å². The molecule has 0 saturated heterocycles.